The number of ether oxygens (including phenoxy) is 1. The van der Waals surface area contributed by atoms with Crippen LogP contribution in [0.1, 0.15) is 11.1 Å². The predicted octanol–water partition coefficient (Wildman–Crippen LogP) is 3.37. The van der Waals surface area contributed by atoms with Crippen LogP contribution in [-0.2, 0) is 11.2 Å². The zero-order chi connectivity index (χ0) is 18.7. The largest absolute Gasteiger partial charge is 0.453 e. The first-order valence-electron chi connectivity index (χ1n) is 7.40. The second-order valence-corrected chi connectivity index (χ2v) is 6.20. The van der Waals surface area contributed by atoms with E-state index in [2.05, 4.69) is 15.8 Å². The summed E-state index contributed by atoms with van der Waals surface area (Å²) < 4.78 is 20.4. The summed E-state index contributed by atoms with van der Waals surface area (Å²) in [4.78, 5) is 15.1. The van der Waals surface area contributed by atoms with Crippen LogP contribution in [0.15, 0.2) is 35.3 Å². The molecule has 1 aliphatic heterocycles. The molecule has 6 nitrogen and oxygen atoms in total. The molecule has 0 bridgehead atoms. The van der Waals surface area contributed by atoms with Gasteiger partial charge in [0.25, 0.3) is 5.91 Å². The van der Waals surface area contributed by atoms with Crippen molar-refractivity contribution in [3.63, 3.8) is 0 Å². The van der Waals surface area contributed by atoms with Crippen molar-refractivity contribution >= 4 is 34.9 Å². The summed E-state index contributed by atoms with van der Waals surface area (Å²) in [5.74, 6) is -0.532. The zero-order valence-electron chi connectivity index (χ0n) is 13.1. The standard InChI is InChI=1S/C17H11Cl2FN4O2/c18-11-3-9(7-21)4-12(6-11)26-17-13(19)2-1-10(16(17)20)5-14-22-8-15(25)24-23-14/h1-4,6H,5,8H2,(H,22,23)(H,24,25). The van der Waals surface area contributed by atoms with Gasteiger partial charge in [0.15, 0.2) is 11.6 Å². The number of amidine groups is 1. The lowest BCUT2D eigenvalue weighted by Gasteiger charge is -2.17. The van der Waals surface area contributed by atoms with Gasteiger partial charge in [0.1, 0.15) is 18.1 Å². The molecule has 26 heavy (non-hydrogen) atoms. The van der Waals surface area contributed by atoms with Crippen LogP contribution < -0.4 is 15.6 Å². The summed E-state index contributed by atoms with van der Waals surface area (Å²) in [6.07, 6.45) is 0.110. The van der Waals surface area contributed by atoms with Crippen molar-refractivity contribution in [1.82, 2.24) is 10.9 Å². The molecule has 0 unspecified atom stereocenters. The van der Waals surface area contributed by atoms with Crippen molar-refractivity contribution in [1.29, 1.82) is 5.26 Å². The molecule has 1 aliphatic rings. The first-order valence-corrected chi connectivity index (χ1v) is 8.15. The summed E-state index contributed by atoms with van der Waals surface area (Å²) in [6, 6.07) is 9.28. The molecule has 2 aromatic rings. The minimum atomic E-state index is -0.669. The third-order valence-electron chi connectivity index (χ3n) is 3.47. The van der Waals surface area contributed by atoms with Crippen LogP contribution in [0.4, 0.5) is 4.39 Å². The fourth-order valence-corrected chi connectivity index (χ4v) is 2.69. The summed E-state index contributed by atoms with van der Waals surface area (Å²) in [7, 11) is 0. The summed E-state index contributed by atoms with van der Waals surface area (Å²) in [5, 5.41) is 9.34. The van der Waals surface area contributed by atoms with E-state index in [9.17, 15) is 9.18 Å². The molecule has 1 amide bonds. The number of aliphatic imine (C=N–C) groups is 1. The molecular formula is C17H11Cl2FN4O2. The Labute approximate surface area is 158 Å². The van der Waals surface area contributed by atoms with Crippen molar-refractivity contribution < 1.29 is 13.9 Å². The molecule has 0 aromatic heterocycles. The van der Waals surface area contributed by atoms with Crippen molar-refractivity contribution in [3.05, 3.63) is 57.3 Å². The number of carbonyl (C=O) groups excluding carboxylic acids is 1. The van der Waals surface area contributed by atoms with Gasteiger partial charge in [-0.1, -0.05) is 29.3 Å². The van der Waals surface area contributed by atoms with E-state index in [1.165, 1.54) is 30.3 Å². The highest BCUT2D eigenvalue weighted by atomic mass is 35.5. The number of carbonyl (C=O) groups is 1. The number of rotatable bonds is 4. The second-order valence-electron chi connectivity index (χ2n) is 5.35. The van der Waals surface area contributed by atoms with E-state index in [0.29, 0.717) is 5.84 Å². The normalized spacial score (nSPS) is 13.3. The fraction of sp³-hybridized carbons (Fsp3) is 0.118. The van der Waals surface area contributed by atoms with E-state index in [-0.39, 0.29) is 51.5 Å². The first kappa shape index (κ1) is 18.0. The topological polar surface area (TPSA) is 86.5 Å². The molecule has 2 aromatic carbocycles. The molecule has 132 valence electrons. The lowest BCUT2D eigenvalue weighted by atomic mass is 10.1. The van der Waals surface area contributed by atoms with Crippen LogP contribution in [-0.4, -0.2) is 18.3 Å². The van der Waals surface area contributed by atoms with Gasteiger partial charge in [-0.05, 0) is 29.8 Å². The lowest BCUT2D eigenvalue weighted by Crippen LogP contribution is -2.47. The molecule has 1 heterocycles. The Bertz CT molecular complexity index is 957. The van der Waals surface area contributed by atoms with Crippen molar-refractivity contribution in [2.24, 2.45) is 4.99 Å². The van der Waals surface area contributed by atoms with E-state index in [4.69, 9.17) is 33.2 Å². The molecule has 0 saturated carbocycles. The van der Waals surface area contributed by atoms with Crippen molar-refractivity contribution in [3.8, 4) is 17.6 Å². The average molecular weight is 393 g/mol. The highest BCUT2D eigenvalue weighted by molar-refractivity contribution is 6.32. The number of hydrogen-bond donors (Lipinski definition) is 2. The highest BCUT2D eigenvalue weighted by Gasteiger charge is 2.18. The fourth-order valence-electron chi connectivity index (χ4n) is 2.28. The average Bonchev–Trinajstić information content (AvgIpc) is 2.62. The number of hydrazine groups is 1. The van der Waals surface area contributed by atoms with Gasteiger partial charge in [-0.25, -0.2) is 4.39 Å². The maximum Gasteiger partial charge on any atom is 0.260 e. The van der Waals surface area contributed by atoms with Gasteiger partial charge in [0.05, 0.1) is 16.7 Å². The van der Waals surface area contributed by atoms with E-state index in [1.54, 1.807) is 0 Å². The van der Waals surface area contributed by atoms with Gasteiger partial charge in [-0.3, -0.25) is 20.6 Å². The van der Waals surface area contributed by atoms with E-state index >= 15 is 0 Å². The minimum absolute atomic E-state index is 0.0274. The molecule has 0 spiro atoms. The molecule has 0 atom stereocenters. The Morgan fingerprint density at radius 1 is 1.27 bits per heavy atom. The molecule has 0 aliphatic carbocycles. The Morgan fingerprint density at radius 2 is 2.08 bits per heavy atom. The van der Waals surface area contributed by atoms with Gasteiger partial charge >= 0.3 is 0 Å². The molecule has 2 N–H and O–H groups in total. The van der Waals surface area contributed by atoms with Gasteiger partial charge in [-0.2, -0.15) is 5.26 Å². The summed E-state index contributed by atoms with van der Waals surface area (Å²) in [6.45, 7) is -0.0274. The molecule has 0 fully saturated rings. The van der Waals surface area contributed by atoms with Gasteiger partial charge < -0.3 is 4.74 Å². The third-order valence-corrected chi connectivity index (χ3v) is 3.98. The second kappa shape index (κ2) is 7.60. The maximum atomic E-state index is 14.9. The number of benzene rings is 2. The Kier molecular flexibility index (Phi) is 5.26. The van der Waals surface area contributed by atoms with Crippen LogP contribution >= 0.6 is 23.2 Å². The van der Waals surface area contributed by atoms with Crippen LogP contribution in [0.2, 0.25) is 10.0 Å². The Hall–Kier alpha value is -2.82. The maximum absolute atomic E-state index is 14.9. The molecule has 0 saturated heterocycles. The molecule has 0 radical (unpaired) electrons. The molecule has 3 rings (SSSR count). The van der Waals surface area contributed by atoms with Gasteiger partial charge in [-0.15, -0.1) is 0 Å². The Morgan fingerprint density at radius 3 is 2.77 bits per heavy atom. The zero-order valence-corrected chi connectivity index (χ0v) is 14.7. The number of amides is 1. The van der Waals surface area contributed by atoms with Gasteiger partial charge in [0, 0.05) is 11.4 Å². The third kappa shape index (κ3) is 4.04. The number of halogens is 3. The Balaban J connectivity index is 1.89. The summed E-state index contributed by atoms with van der Waals surface area (Å²) >= 11 is 12.0. The quantitative estimate of drug-likeness (QED) is 0.834. The smallest absolute Gasteiger partial charge is 0.260 e. The first-order chi connectivity index (χ1) is 12.5. The highest BCUT2D eigenvalue weighted by Crippen LogP contribution is 2.35. The predicted molar refractivity (Wildman–Crippen MR) is 94.9 cm³/mol. The molecular weight excluding hydrogens is 382 g/mol. The van der Waals surface area contributed by atoms with Crippen LogP contribution in [0, 0.1) is 17.1 Å². The van der Waals surface area contributed by atoms with Crippen molar-refractivity contribution in [2.75, 3.05) is 6.54 Å². The monoisotopic (exact) mass is 392 g/mol. The van der Waals surface area contributed by atoms with E-state index in [0.717, 1.165) is 0 Å². The van der Waals surface area contributed by atoms with Gasteiger partial charge in [0.2, 0.25) is 0 Å². The van der Waals surface area contributed by atoms with E-state index in [1.807, 2.05) is 6.07 Å². The summed E-state index contributed by atoms with van der Waals surface area (Å²) in [5.41, 5.74) is 5.57. The number of nitrogens with one attached hydrogen (secondary N) is 2. The number of nitrogens with zero attached hydrogens (tertiary/aromatic N) is 2. The lowest BCUT2D eigenvalue weighted by molar-refractivity contribution is -0.120. The van der Waals surface area contributed by atoms with Crippen LogP contribution in [0.3, 0.4) is 0 Å². The van der Waals surface area contributed by atoms with Crippen LogP contribution in [0.5, 0.6) is 11.5 Å². The van der Waals surface area contributed by atoms with Crippen LogP contribution in [0.25, 0.3) is 0 Å². The van der Waals surface area contributed by atoms with E-state index < -0.39 is 5.82 Å². The SMILES string of the molecule is N#Cc1cc(Cl)cc(Oc2c(Cl)ccc(CC3=NCC(=O)NN3)c2F)c1. The van der Waals surface area contributed by atoms with Crippen molar-refractivity contribution in [2.45, 2.75) is 6.42 Å². The molecule has 9 heteroatoms. The number of nitriles is 1. The minimum Gasteiger partial charge on any atom is -0.453 e. The number of hydrogen-bond acceptors (Lipinski definition) is 5.